The van der Waals surface area contributed by atoms with Crippen molar-refractivity contribution in [1.82, 2.24) is 9.47 Å². The fourth-order valence-electron chi connectivity index (χ4n) is 5.12. The number of fused-ring (bicyclic) bond motifs is 4. The molecule has 0 unspecified atom stereocenters. The van der Waals surface area contributed by atoms with Gasteiger partial charge in [0, 0.05) is 31.0 Å². The third-order valence-corrected chi connectivity index (χ3v) is 7.10. The third-order valence-electron chi connectivity index (χ3n) is 7.10. The second-order valence-corrected chi connectivity index (χ2v) is 8.73. The van der Waals surface area contributed by atoms with E-state index in [9.17, 15) is 4.79 Å². The van der Waals surface area contributed by atoms with Crippen molar-refractivity contribution >= 4 is 11.6 Å². The van der Waals surface area contributed by atoms with Crippen LogP contribution in [0.15, 0.2) is 48.7 Å². The zero-order chi connectivity index (χ0) is 22.5. The van der Waals surface area contributed by atoms with Crippen LogP contribution in [0.4, 0.5) is 5.69 Å². The lowest BCUT2D eigenvalue weighted by Gasteiger charge is -2.46. The van der Waals surface area contributed by atoms with Gasteiger partial charge in [-0.05, 0) is 68.1 Å². The Morgan fingerprint density at radius 2 is 1.81 bits per heavy atom. The van der Waals surface area contributed by atoms with Crippen molar-refractivity contribution in [2.24, 2.45) is 0 Å². The lowest BCUT2D eigenvalue weighted by Crippen LogP contribution is -2.51. The highest BCUT2D eigenvalue weighted by Gasteiger charge is 2.43. The molecule has 0 saturated carbocycles. The number of piperidine rings is 1. The highest BCUT2D eigenvalue weighted by atomic mass is 16.5. The van der Waals surface area contributed by atoms with Crippen LogP contribution in [0.5, 0.6) is 11.5 Å². The highest BCUT2D eigenvalue weighted by Crippen LogP contribution is 2.45. The van der Waals surface area contributed by atoms with Crippen LogP contribution < -0.4 is 14.8 Å². The second-order valence-electron chi connectivity index (χ2n) is 8.73. The van der Waals surface area contributed by atoms with Crippen LogP contribution in [0.25, 0.3) is 5.69 Å². The van der Waals surface area contributed by atoms with Crippen molar-refractivity contribution in [1.29, 1.82) is 0 Å². The van der Waals surface area contributed by atoms with Crippen LogP contribution in [0, 0.1) is 13.8 Å². The van der Waals surface area contributed by atoms with Gasteiger partial charge in [0.05, 0.1) is 36.7 Å². The minimum absolute atomic E-state index is 0.00239. The molecule has 0 radical (unpaired) electrons. The average Bonchev–Trinajstić information content (AvgIpc) is 3.32. The van der Waals surface area contributed by atoms with Gasteiger partial charge in [0.15, 0.2) is 0 Å². The molecule has 3 heterocycles. The van der Waals surface area contributed by atoms with Crippen molar-refractivity contribution in [3.63, 3.8) is 0 Å². The molecular formula is C26H29N3O3. The SMILES string of the molecule is COc1ccc(C(=O)N2CCC3(CC2)Nc2ccc(C)c(C)c2-n2cccc23)c(OC)c1. The number of aryl methyl sites for hydroxylation is 1. The van der Waals surface area contributed by atoms with Gasteiger partial charge < -0.3 is 24.3 Å². The fourth-order valence-corrected chi connectivity index (χ4v) is 5.12. The first-order valence-corrected chi connectivity index (χ1v) is 11.1. The number of carbonyl (C=O) groups excluding carboxylic acids is 1. The van der Waals surface area contributed by atoms with Gasteiger partial charge in [-0.3, -0.25) is 4.79 Å². The average molecular weight is 432 g/mol. The number of carbonyl (C=O) groups is 1. The number of likely N-dealkylation sites (tertiary alicyclic amines) is 1. The molecule has 6 heteroatoms. The lowest BCUT2D eigenvalue weighted by molar-refractivity contribution is 0.0673. The zero-order valence-corrected chi connectivity index (χ0v) is 19.1. The Morgan fingerprint density at radius 1 is 1.03 bits per heavy atom. The Kier molecular flexibility index (Phi) is 4.88. The number of anilines is 1. The number of aromatic nitrogens is 1. The van der Waals surface area contributed by atoms with Crippen LogP contribution in [-0.2, 0) is 5.54 Å². The van der Waals surface area contributed by atoms with Crippen molar-refractivity contribution in [2.45, 2.75) is 32.2 Å². The van der Waals surface area contributed by atoms with E-state index in [0.29, 0.717) is 30.2 Å². The first-order chi connectivity index (χ1) is 15.5. The molecule has 1 amide bonds. The summed E-state index contributed by atoms with van der Waals surface area (Å²) in [4.78, 5) is 15.2. The topological polar surface area (TPSA) is 55.7 Å². The molecule has 1 spiro atoms. The Balaban J connectivity index is 1.41. The van der Waals surface area contributed by atoms with E-state index >= 15 is 0 Å². The molecule has 2 aliphatic rings. The molecule has 1 aromatic heterocycles. The molecule has 2 aliphatic heterocycles. The Morgan fingerprint density at radius 3 is 2.53 bits per heavy atom. The highest BCUT2D eigenvalue weighted by molar-refractivity contribution is 5.97. The van der Waals surface area contributed by atoms with Crippen LogP contribution >= 0.6 is 0 Å². The lowest BCUT2D eigenvalue weighted by atomic mass is 9.81. The first kappa shape index (κ1) is 20.5. The van der Waals surface area contributed by atoms with Gasteiger partial charge in [0.25, 0.3) is 5.91 Å². The predicted molar refractivity (Wildman–Crippen MR) is 125 cm³/mol. The molecule has 32 heavy (non-hydrogen) atoms. The van der Waals surface area contributed by atoms with Gasteiger partial charge in [-0.1, -0.05) is 6.07 Å². The summed E-state index contributed by atoms with van der Waals surface area (Å²) >= 11 is 0. The quantitative estimate of drug-likeness (QED) is 0.655. The van der Waals surface area contributed by atoms with Gasteiger partial charge in [-0.25, -0.2) is 0 Å². The van der Waals surface area contributed by atoms with Crippen LogP contribution in [0.1, 0.15) is 40.0 Å². The van der Waals surface area contributed by atoms with E-state index in [4.69, 9.17) is 9.47 Å². The number of methoxy groups -OCH3 is 2. The van der Waals surface area contributed by atoms with Gasteiger partial charge in [-0.15, -0.1) is 0 Å². The van der Waals surface area contributed by atoms with Gasteiger partial charge in [-0.2, -0.15) is 0 Å². The molecule has 3 aromatic rings. The molecule has 0 aliphatic carbocycles. The number of hydrogen-bond donors (Lipinski definition) is 1. The van der Waals surface area contributed by atoms with E-state index < -0.39 is 0 Å². The molecule has 6 nitrogen and oxygen atoms in total. The third kappa shape index (κ3) is 3.05. The molecule has 0 atom stereocenters. The van der Waals surface area contributed by atoms with E-state index in [1.165, 1.54) is 22.5 Å². The summed E-state index contributed by atoms with van der Waals surface area (Å²) in [6.45, 7) is 5.68. The molecule has 2 aromatic carbocycles. The van der Waals surface area contributed by atoms with Crippen LogP contribution in [0.3, 0.4) is 0 Å². The number of rotatable bonds is 3. The Bertz CT molecular complexity index is 1190. The molecular weight excluding hydrogens is 402 g/mol. The molecule has 0 bridgehead atoms. The summed E-state index contributed by atoms with van der Waals surface area (Å²) in [6.07, 6.45) is 3.84. The Labute approximate surface area is 188 Å². The van der Waals surface area contributed by atoms with E-state index in [0.717, 1.165) is 18.5 Å². The number of nitrogens with one attached hydrogen (secondary N) is 1. The summed E-state index contributed by atoms with van der Waals surface area (Å²) in [5, 5.41) is 3.86. The monoisotopic (exact) mass is 431 g/mol. The van der Waals surface area contributed by atoms with E-state index in [2.05, 4.69) is 54.2 Å². The smallest absolute Gasteiger partial charge is 0.257 e. The normalized spacial score (nSPS) is 16.2. The zero-order valence-electron chi connectivity index (χ0n) is 19.1. The van der Waals surface area contributed by atoms with E-state index in [1.807, 2.05) is 4.90 Å². The van der Waals surface area contributed by atoms with E-state index in [1.54, 1.807) is 32.4 Å². The van der Waals surface area contributed by atoms with Gasteiger partial charge in [0.1, 0.15) is 11.5 Å². The molecule has 1 fully saturated rings. The Hall–Kier alpha value is -3.41. The largest absolute Gasteiger partial charge is 0.497 e. The first-order valence-electron chi connectivity index (χ1n) is 11.1. The fraction of sp³-hybridized carbons (Fsp3) is 0.346. The standard InChI is InChI=1S/C26H29N3O3/c1-17-7-10-21-24(18(17)2)29-13-5-6-23(29)26(27-21)11-14-28(15-12-26)25(30)20-9-8-19(31-3)16-22(20)32-4/h5-10,13,16,27H,11-12,14-15H2,1-4H3. The number of amides is 1. The minimum atomic E-state index is -0.182. The van der Waals surface area contributed by atoms with E-state index in [-0.39, 0.29) is 11.4 Å². The minimum Gasteiger partial charge on any atom is -0.497 e. The van der Waals surface area contributed by atoms with Crippen LogP contribution in [0.2, 0.25) is 0 Å². The van der Waals surface area contributed by atoms with Crippen molar-refractivity contribution < 1.29 is 14.3 Å². The summed E-state index contributed by atoms with van der Waals surface area (Å²) < 4.78 is 13.1. The number of benzene rings is 2. The molecule has 5 rings (SSSR count). The van der Waals surface area contributed by atoms with Gasteiger partial charge >= 0.3 is 0 Å². The molecule has 1 saturated heterocycles. The maximum Gasteiger partial charge on any atom is 0.257 e. The summed E-state index contributed by atoms with van der Waals surface area (Å²) in [5.41, 5.74) is 6.63. The van der Waals surface area contributed by atoms with Gasteiger partial charge in [0.2, 0.25) is 0 Å². The second kappa shape index (κ2) is 7.62. The molecule has 1 N–H and O–H groups in total. The number of hydrogen-bond acceptors (Lipinski definition) is 4. The maximum atomic E-state index is 13.3. The van der Waals surface area contributed by atoms with Crippen molar-refractivity contribution in [2.75, 3.05) is 32.6 Å². The predicted octanol–water partition coefficient (Wildman–Crippen LogP) is 4.67. The number of nitrogens with zero attached hydrogens (tertiary/aromatic N) is 2. The molecule has 166 valence electrons. The summed E-state index contributed by atoms with van der Waals surface area (Å²) in [5.74, 6) is 1.21. The number of ether oxygens (including phenoxy) is 2. The van der Waals surface area contributed by atoms with Crippen LogP contribution in [-0.4, -0.2) is 42.7 Å². The maximum absolute atomic E-state index is 13.3. The summed E-state index contributed by atoms with van der Waals surface area (Å²) in [7, 11) is 3.19. The van der Waals surface area contributed by atoms with Crippen molar-refractivity contribution in [3.8, 4) is 17.2 Å². The van der Waals surface area contributed by atoms with Crippen molar-refractivity contribution in [3.05, 3.63) is 71.0 Å². The summed E-state index contributed by atoms with van der Waals surface area (Å²) in [6, 6.07) is 14.0.